The van der Waals surface area contributed by atoms with E-state index in [1.165, 1.54) is 7.11 Å². The second kappa shape index (κ2) is 7.70. The fourth-order valence-corrected chi connectivity index (χ4v) is 1.56. The molecular weight excluding hydrogens is 248 g/mol. The lowest BCUT2D eigenvalue weighted by molar-refractivity contribution is 0.204. The third-order valence-electron chi connectivity index (χ3n) is 2.35. The third kappa shape index (κ3) is 4.84. The largest absolute Gasteiger partial charge is 0.467 e. The van der Waals surface area contributed by atoms with Crippen LogP contribution in [0, 0.1) is 5.92 Å². The fourth-order valence-electron chi connectivity index (χ4n) is 1.56. The lowest BCUT2D eigenvalue weighted by atomic mass is 10.2. The number of hydrogen-bond donors (Lipinski definition) is 2. The molecule has 8 nitrogen and oxygen atoms in total. The van der Waals surface area contributed by atoms with Crippen LogP contribution in [-0.2, 0) is 4.74 Å². The molecular formula is C11H22N6O2. The van der Waals surface area contributed by atoms with Gasteiger partial charge in [-0.3, -0.25) is 5.43 Å². The van der Waals surface area contributed by atoms with Crippen molar-refractivity contribution in [1.29, 1.82) is 0 Å². The molecule has 0 unspecified atom stereocenters. The van der Waals surface area contributed by atoms with Gasteiger partial charge in [-0.15, -0.1) is 0 Å². The number of hydrazine groups is 1. The minimum atomic E-state index is 0.226. The highest BCUT2D eigenvalue weighted by atomic mass is 16.5. The summed E-state index contributed by atoms with van der Waals surface area (Å²) in [6.07, 6.45) is 0. The molecule has 8 heteroatoms. The summed E-state index contributed by atoms with van der Waals surface area (Å²) in [5.41, 5.74) is 2.41. The van der Waals surface area contributed by atoms with E-state index in [4.69, 9.17) is 15.3 Å². The molecule has 0 aromatic carbocycles. The molecule has 0 amide bonds. The molecule has 1 aromatic rings. The van der Waals surface area contributed by atoms with Crippen LogP contribution in [0.1, 0.15) is 13.8 Å². The first kappa shape index (κ1) is 15.4. The van der Waals surface area contributed by atoms with Gasteiger partial charge in [0.15, 0.2) is 0 Å². The molecule has 1 rings (SSSR count). The van der Waals surface area contributed by atoms with Crippen LogP contribution in [0.3, 0.4) is 0 Å². The number of rotatable bonds is 8. The van der Waals surface area contributed by atoms with Gasteiger partial charge in [0, 0.05) is 20.2 Å². The lowest BCUT2D eigenvalue weighted by Gasteiger charge is -2.24. The maximum absolute atomic E-state index is 5.34. The van der Waals surface area contributed by atoms with Gasteiger partial charge < -0.3 is 14.4 Å². The van der Waals surface area contributed by atoms with E-state index in [1.54, 1.807) is 7.11 Å². The van der Waals surface area contributed by atoms with Crippen LogP contribution in [0.4, 0.5) is 11.9 Å². The molecule has 0 aliphatic rings. The number of nitrogen functional groups attached to an aromatic ring is 1. The highest BCUT2D eigenvalue weighted by molar-refractivity contribution is 5.37. The number of nitrogens with one attached hydrogen (secondary N) is 1. The Balaban J connectivity index is 2.98. The van der Waals surface area contributed by atoms with Gasteiger partial charge in [-0.25, -0.2) is 5.84 Å². The third-order valence-corrected chi connectivity index (χ3v) is 2.35. The summed E-state index contributed by atoms with van der Waals surface area (Å²) in [6.45, 7) is 6.33. The van der Waals surface area contributed by atoms with Gasteiger partial charge in [-0.2, -0.15) is 15.0 Å². The van der Waals surface area contributed by atoms with Gasteiger partial charge >= 0.3 is 6.01 Å². The van der Waals surface area contributed by atoms with Crippen molar-refractivity contribution in [3.8, 4) is 6.01 Å². The van der Waals surface area contributed by atoms with Crippen molar-refractivity contribution in [3.63, 3.8) is 0 Å². The summed E-state index contributed by atoms with van der Waals surface area (Å²) in [7, 11) is 3.16. The van der Waals surface area contributed by atoms with Crippen LogP contribution in [0.2, 0.25) is 0 Å². The van der Waals surface area contributed by atoms with Crippen molar-refractivity contribution in [2.45, 2.75) is 13.8 Å². The summed E-state index contributed by atoms with van der Waals surface area (Å²) in [6, 6.07) is 0.226. The summed E-state index contributed by atoms with van der Waals surface area (Å²) < 4.78 is 10.1. The molecule has 0 fully saturated rings. The second-order valence-electron chi connectivity index (χ2n) is 4.42. The molecule has 0 atom stereocenters. The SMILES string of the molecule is COCCN(CC(C)C)c1nc(NN)nc(OC)n1. The smallest absolute Gasteiger partial charge is 0.322 e. The number of ether oxygens (including phenoxy) is 2. The Kier molecular flexibility index (Phi) is 6.23. The minimum Gasteiger partial charge on any atom is -0.467 e. The first-order valence-corrected chi connectivity index (χ1v) is 6.11. The Labute approximate surface area is 113 Å². The van der Waals surface area contributed by atoms with Gasteiger partial charge in [0.25, 0.3) is 0 Å². The van der Waals surface area contributed by atoms with Crippen molar-refractivity contribution in [2.24, 2.45) is 11.8 Å². The Morgan fingerprint density at radius 2 is 2.00 bits per heavy atom. The summed E-state index contributed by atoms with van der Waals surface area (Å²) in [4.78, 5) is 14.5. The molecule has 3 N–H and O–H groups in total. The first-order valence-electron chi connectivity index (χ1n) is 6.11. The fraction of sp³-hybridized carbons (Fsp3) is 0.727. The van der Waals surface area contributed by atoms with E-state index >= 15 is 0 Å². The number of methoxy groups -OCH3 is 2. The monoisotopic (exact) mass is 270 g/mol. The molecule has 0 saturated heterocycles. The molecule has 0 aliphatic heterocycles. The molecule has 0 radical (unpaired) electrons. The van der Waals surface area contributed by atoms with Crippen molar-refractivity contribution >= 4 is 11.9 Å². The maximum atomic E-state index is 5.34. The summed E-state index contributed by atoms with van der Waals surface area (Å²) in [5.74, 6) is 6.60. The van der Waals surface area contributed by atoms with Crippen molar-refractivity contribution in [2.75, 3.05) is 44.2 Å². The number of nitrogens with two attached hydrogens (primary N) is 1. The van der Waals surface area contributed by atoms with E-state index < -0.39 is 0 Å². The molecule has 0 aliphatic carbocycles. The molecule has 0 bridgehead atoms. The van der Waals surface area contributed by atoms with Gasteiger partial charge in [-0.1, -0.05) is 13.8 Å². The Morgan fingerprint density at radius 3 is 2.53 bits per heavy atom. The number of nitrogens with zero attached hydrogens (tertiary/aromatic N) is 4. The van der Waals surface area contributed by atoms with Crippen molar-refractivity contribution in [3.05, 3.63) is 0 Å². The van der Waals surface area contributed by atoms with Crippen LogP contribution in [0.15, 0.2) is 0 Å². The van der Waals surface area contributed by atoms with Crippen molar-refractivity contribution < 1.29 is 9.47 Å². The summed E-state index contributed by atoms with van der Waals surface area (Å²) in [5, 5.41) is 0. The molecule has 0 spiro atoms. The maximum Gasteiger partial charge on any atom is 0.322 e. The lowest BCUT2D eigenvalue weighted by Crippen LogP contribution is -2.33. The van der Waals surface area contributed by atoms with Gasteiger partial charge in [-0.05, 0) is 5.92 Å². The molecule has 108 valence electrons. The quantitative estimate of drug-likeness (QED) is 0.513. The van der Waals surface area contributed by atoms with Crippen LogP contribution in [-0.4, -0.2) is 48.9 Å². The summed E-state index contributed by atoms with van der Waals surface area (Å²) >= 11 is 0. The average Bonchev–Trinajstić information content (AvgIpc) is 2.42. The predicted molar refractivity (Wildman–Crippen MR) is 73.1 cm³/mol. The van der Waals surface area contributed by atoms with Crippen LogP contribution in [0.25, 0.3) is 0 Å². The topological polar surface area (TPSA) is 98.4 Å². The first-order chi connectivity index (χ1) is 9.10. The Morgan fingerprint density at radius 1 is 1.26 bits per heavy atom. The standard InChI is InChI=1S/C11H22N6O2/c1-8(2)7-17(5-6-18-3)10-13-9(16-12)14-11(15-10)19-4/h8H,5-7,12H2,1-4H3,(H,13,14,15,16). The van der Waals surface area contributed by atoms with Crippen LogP contribution >= 0.6 is 0 Å². The zero-order valence-corrected chi connectivity index (χ0v) is 11.9. The van der Waals surface area contributed by atoms with Gasteiger partial charge in [0.1, 0.15) is 0 Å². The predicted octanol–water partition coefficient (Wildman–Crippen LogP) is 0.275. The van der Waals surface area contributed by atoms with E-state index in [0.29, 0.717) is 25.0 Å². The van der Waals surface area contributed by atoms with E-state index in [0.717, 1.165) is 6.54 Å². The van der Waals surface area contributed by atoms with E-state index in [2.05, 4.69) is 34.2 Å². The highest BCUT2D eigenvalue weighted by Crippen LogP contribution is 2.15. The van der Waals surface area contributed by atoms with Crippen LogP contribution in [0.5, 0.6) is 6.01 Å². The van der Waals surface area contributed by atoms with E-state index in [1.807, 2.05) is 4.90 Å². The van der Waals surface area contributed by atoms with Gasteiger partial charge in [0.2, 0.25) is 11.9 Å². The highest BCUT2D eigenvalue weighted by Gasteiger charge is 2.14. The number of anilines is 2. The van der Waals surface area contributed by atoms with E-state index in [-0.39, 0.29) is 12.0 Å². The zero-order valence-electron chi connectivity index (χ0n) is 11.9. The van der Waals surface area contributed by atoms with Gasteiger partial charge in [0.05, 0.1) is 13.7 Å². The normalized spacial score (nSPS) is 10.6. The Bertz CT molecular complexity index is 365. The van der Waals surface area contributed by atoms with Crippen molar-refractivity contribution in [1.82, 2.24) is 15.0 Å². The molecule has 19 heavy (non-hydrogen) atoms. The molecule has 1 aromatic heterocycles. The second-order valence-corrected chi connectivity index (χ2v) is 4.42. The molecule has 0 saturated carbocycles. The number of hydrogen-bond acceptors (Lipinski definition) is 8. The minimum absolute atomic E-state index is 0.226. The van der Waals surface area contributed by atoms with E-state index in [9.17, 15) is 0 Å². The van der Waals surface area contributed by atoms with Crippen LogP contribution < -0.4 is 20.9 Å². The average molecular weight is 270 g/mol. The number of aromatic nitrogens is 3. The zero-order chi connectivity index (χ0) is 14.3. The Hall–Kier alpha value is -1.67. The molecule has 1 heterocycles.